The predicted molar refractivity (Wildman–Crippen MR) is 462 cm³/mol. The summed E-state index contributed by atoms with van der Waals surface area (Å²) >= 11 is 0. The molecule has 29 heteroatoms. The first kappa shape index (κ1) is 98.4. The van der Waals surface area contributed by atoms with Crippen molar-refractivity contribution in [1.82, 2.24) is 10.2 Å². The summed E-state index contributed by atoms with van der Waals surface area (Å²) in [6.45, 7) is 15.3. The van der Waals surface area contributed by atoms with Gasteiger partial charge in [0.1, 0.15) is 80.7 Å². The highest BCUT2D eigenvalue weighted by Crippen LogP contribution is 2.43. The second-order valence-corrected chi connectivity index (χ2v) is 36.7. The van der Waals surface area contributed by atoms with Gasteiger partial charge in [-0.25, -0.2) is 4.79 Å². The molecule has 2 fully saturated rings. The largest absolute Gasteiger partial charge is 0.508 e. The summed E-state index contributed by atoms with van der Waals surface area (Å²) in [4.78, 5) is 231. The quantitative estimate of drug-likeness (QED) is 0.0118. The zero-order valence-electron chi connectivity index (χ0n) is 70.9. The van der Waals surface area contributed by atoms with Crippen LogP contribution in [0.5, 0.6) is 11.5 Å². The van der Waals surface area contributed by atoms with Crippen molar-refractivity contribution in [1.29, 1.82) is 0 Å². The maximum atomic E-state index is 15.2. The van der Waals surface area contributed by atoms with E-state index in [0.717, 1.165) is 21.6 Å². The van der Waals surface area contributed by atoms with Crippen LogP contribution in [-0.2, 0) is 68.7 Å². The Kier molecular flexibility index (Phi) is 38.3. The van der Waals surface area contributed by atoms with Crippen molar-refractivity contribution in [3.05, 3.63) is 106 Å². The van der Waals surface area contributed by atoms with E-state index in [4.69, 9.17) is 21.6 Å². The molecule has 7 rings (SSSR count). The van der Waals surface area contributed by atoms with Crippen LogP contribution in [0.25, 0.3) is 33.4 Å². The highest BCUT2D eigenvalue weighted by Gasteiger charge is 2.41. The van der Waals surface area contributed by atoms with Crippen molar-refractivity contribution < 1.29 is 96.8 Å². The molecule has 0 aromatic heterocycles. The van der Waals surface area contributed by atoms with Gasteiger partial charge in [0.15, 0.2) is 23.0 Å². The number of aliphatic hydroxyl groups excluding tert-OH is 1. The van der Waals surface area contributed by atoms with E-state index in [9.17, 15) is 87.5 Å². The number of nitrogens with two attached hydrogens (primary N) is 3. The molecule has 656 valence electrons. The van der Waals surface area contributed by atoms with Gasteiger partial charge in [0.2, 0.25) is 5.91 Å². The summed E-state index contributed by atoms with van der Waals surface area (Å²) in [6, 6.07) is 16.4. The number of Topliss-reactive ketones (excluding diaryl/α,β-unsaturated/α-hetero) is 12. The van der Waals surface area contributed by atoms with E-state index in [1.165, 1.54) is 79.4 Å². The number of benzene rings is 4. The number of carbonyl (C=O) groups is 15. The number of nitrogens with one attached hydrogen (secondary N) is 1. The molecule has 1 aliphatic carbocycles. The average molecular weight is 1710 g/mol. The fourth-order valence-electron chi connectivity index (χ4n) is 16.2. The number of aliphatic hydroxyl groups is 1. The Labute approximate surface area is 714 Å². The smallest absolute Gasteiger partial charge is 0.336 e. The van der Waals surface area contributed by atoms with Gasteiger partial charge in [0.05, 0.1) is 29.7 Å². The number of unbranched alkanes of at least 4 members (excludes halogenated alkanes) is 1. The molecule has 12 unspecified atom stereocenters. The number of carboxylic acids is 1. The van der Waals surface area contributed by atoms with E-state index in [0.29, 0.717) is 41.3 Å². The van der Waals surface area contributed by atoms with Gasteiger partial charge in [0.25, 0.3) is 5.91 Å². The third kappa shape index (κ3) is 29.5. The van der Waals surface area contributed by atoms with Crippen molar-refractivity contribution in [2.75, 3.05) is 31.1 Å². The number of hydrogen-bond acceptors (Lipinski definition) is 24. The molecule has 3 aromatic rings. The van der Waals surface area contributed by atoms with Crippen molar-refractivity contribution in [3.63, 3.8) is 0 Å². The zero-order chi connectivity index (χ0) is 89.2. The number of rotatable bonds is 20. The number of fused-ring (bicyclic) bond motifs is 3. The standard InChI is InChI=1S/C92H120N6O21S2/c1-50(2)34-61-41-78(107)53(7)35-82(111)72(52(5)6)46-84(113)73(55(9)100)47-85(114)75(93)49-121-120-48-62(54(8)99)42-80(109)57(14-10-11-31-96-89(115)59-19-27-68(74(38-59)91(117)118)88-69-28-24-66(104)43-86(69)119-87-44-67(105)25-29-70(87)88)39-79(108)58(15-12-32-97-92(94)95)40-83(112)71(51(3)4)45-81(110)60(36-56-17-20-63(101)21-18-56)37-65(103)23-22-64(102)26-30-77(106)76-16-13-33-98(76)90(61)116/h17-21,24-25,27-29,38,43-44,50-53,55,57-58,60-62,71-73,75-76,100-101,104H,10-16,22-23,26,30-37,39-42,45-49,93H2,1-9H3,(H,96,115)(H,117,118)(H4,94,95,97). The first-order valence-corrected chi connectivity index (χ1v) is 44.7. The Balaban J connectivity index is 1.16. The maximum absolute atomic E-state index is 15.2. The topological polar surface area (TPSA) is 473 Å². The van der Waals surface area contributed by atoms with Gasteiger partial charge in [-0.3, -0.25) is 76.9 Å². The summed E-state index contributed by atoms with van der Waals surface area (Å²) in [5, 5.41) is 45.4. The van der Waals surface area contributed by atoms with Crippen LogP contribution in [-0.4, -0.2) is 168 Å². The lowest BCUT2D eigenvalue weighted by molar-refractivity contribution is -0.143. The lowest BCUT2D eigenvalue weighted by Gasteiger charge is -2.29. The predicted octanol–water partition coefficient (Wildman–Crippen LogP) is 11.8. The van der Waals surface area contributed by atoms with E-state index in [2.05, 4.69) is 10.3 Å². The summed E-state index contributed by atoms with van der Waals surface area (Å²) in [7, 11) is 2.29. The molecule has 0 radical (unpaired) electrons. The second-order valence-electron chi connectivity index (χ2n) is 34.1. The summed E-state index contributed by atoms with van der Waals surface area (Å²) in [5.41, 5.74) is 18.9. The number of phenols is 2. The molecular formula is C92H120N6O21S2. The van der Waals surface area contributed by atoms with Gasteiger partial charge < -0.3 is 52.3 Å². The molecule has 11 N–H and O–H groups in total. The van der Waals surface area contributed by atoms with Crippen molar-refractivity contribution in [3.8, 4) is 33.9 Å². The number of guanidine groups is 1. The highest BCUT2D eigenvalue weighted by molar-refractivity contribution is 8.76. The molecular weight excluding hydrogens is 1590 g/mol. The van der Waals surface area contributed by atoms with E-state index in [-0.39, 0.29) is 214 Å². The Morgan fingerprint density at radius 1 is 0.587 bits per heavy atom. The van der Waals surface area contributed by atoms with Crippen LogP contribution in [0.15, 0.2) is 93.1 Å². The minimum atomic E-state index is -1.38. The van der Waals surface area contributed by atoms with E-state index in [1.54, 1.807) is 52.8 Å². The molecule has 27 nitrogen and oxygen atoms in total. The number of carboxylic acid groups (broad SMARTS) is 1. The minimum absolute atomic E-state index is 0.00379. The Morgan fingerprint density at radius 3 is 1.81 bits per heavy atom. The number of aromatic carboxylic acids is 1. The highest BCUT2D eigenvalue weighted by atomic mass is 33.1. The molecule has 0 saturated carbocycles. The van der Waals surface area contributed by atoms with Gasteiger partial charge in [-0.2, -0.15) is 0 Å². The Bertz CT molecular complexity index is 4640. The average Bonchev–Trinajstić information content (AvgIpc) is 1.14. The lowest BCUT2D eigenvalue weighted by atomic mass is 9.77. The summed E-state index contributed by atoms with van der Waals surface area (Å²) in [5.74, 6) is -18.0. The molecule has 3 heterocycles. The van der Waals surface area contributed by atoms with Crippen LogP contribution in [0.2, 0.25) is 0 Å². The van der Waals surface area contributed by atoms with Gasteiger partial charge in [-0.05, 0) is 143 Å². The number of ketones is 12. The molecule has 0 bridgehead atoms. The Morgan fingerprint density at radius 2 is 1.17 bits per heavy atom. The lowest BCUT2D eigenvalue weighted by Crippen LogP contribution is -2.44. The first-order chi connectivity index (χ1) is 57.2. The van der Waals surface area contributed by atoms with Crippen molar-refractivity contribution in [2.45, 2.75) is 222 Å². The number of amides is 2. The van der Waals surface area contributed by atoms with Crippen molar-refractivity contribution in [2.24, 2.45) is 93.2 Å². The van der Waals surface area contributed by atoms with E-state index >= 15 is 9.59 Å². The minimum Gasteiger partial charge on any atom is -0.508 e. The fraction of sp³-hybridized carbons (Fsp3) is 0.554. The van der Waals surface area contributed by atoms with Crippen molar-refractivity contribution >= 4 is 126 Å². The Hall–Kier alpha value is -9.71. The molecule has 3 aromatic carbocycles. The van der Waals surface area contributed by atoms with Crippen LogP contribution >= 0.6 is 21.6 Å². The molecule has 0 spiro atoms. The normalized spacial score (nSPS) is 23.7. The van der Waals surface area contributed by atoms with Gasteiger partial charge in [0, 0.05) is 196 Å². The number of phenolic OH excluding ortho intramolecular Hbond substituents is 2. The summed E-state index contributed by atoms with van der Waals surface area (Å²) < 4.78 is 5.96. The zero-order valence-corrected chi connectivity index (χ0v) is 72.6. The monoisotopic (exact) mass is 1710 g/mol. The number of hydrogen-bond donors (Lipinski definition) is 8. The van der Waals surface area contributed by atoms with E-state index in [1.807, 2.05) is 13.8 Å². The number of aliphatic imine (C=N–C) groups is 1. The molecule has 2 amide bonds. The molecule has 2 saturated heterocycles. The molecule has 12 atom stereocenters. The fourth-order valence-corrected chi connectivity index (χ4v) is 18.8. The molecule has 121 heavy (non-hydrogen) atoms. The SMILES string of the molecule is CC(=O)C1CSSCC(N)C(=O)CC(C(C)O)C(=O)CC(C(C)C)C(=O)CC(C)C(=O)CC(CC(C)C)C(=O)N2CCCC2C(=O)CCC(=O)CCC(=O)CC(Cc2ccc(O)cc2)C(=O)CC(C(C)C)C(=O)CC(CCCN=C(N)N)C(=O)CC(CCCCNC(=O)c2ccc(-c3c4ccc(=O)cc-4oc4cc(O)ccc34)c(C(=O)O)c2)C(=O)C1. The van der Waals surface area contributed by atoms with E-state index < -0.39 is 166 Å². The van der Waals surface area contributed by atoms with Gasteiger partial charge in [-0.1, -0.05) is 94.7 Å². The molecule has 4 aliphatic rings. The third-order valence-corrected chi connectivity index (χ3v) is 26.0. The maximum Gasteiger partial charge on any atom is 0.336 e. The summed E-state index contributed by atoms with van der Waals surface area (Å²) in [6.07, 6.45) is -3.68. The number of aromatic hydroxyl groups is 2. The number of nitrogens with zero attached hydrogens (tertiary/aromatic N) is 2. The van der Waals surface area contributed by atoms with Crippen LogP contribution in [0, 0.1) is 71.0 Å². The van der Waals surface area contributed by atoms with Gasteiger partial charge >= 0.3 is 5.97 Å². The van der Waals surface area contributed by atoms with Gasteiger partial charge in [-0.15, -0.1) is 0 Å². The first-order valence-electron chi connectivity index (χ1n) is 42.2. The van der Waals surface area contributed by atoms with Crippen LogP contribution in [0.3, 0.4) is 0 Å². The van der Waals surface area contributed by atoms with Crippen LogP contribution < -0.4 is 27.9 Å². The third-order valence-electron chi connectivity index (χ3n) is 23.5. The number of carbonyl (C=O) groups excluding carboxylic acids is 14. The second kappa shape index (κ2) is 47.1. The van der Waals surface area contributed by atoms with Crippen LogP contribution in [0.1, 0.15) is 223 Å². The molecule has 3 aliphatic heterocycles. The van der Waals surface area contributed by atoms with Crippen LogP contribution in [0.4, 0.5) is 0 Å².